The average Bonchev–Trinajstić information content (AvgIpc) is 2.69. The topological polar surface area (TPSA) is 93.5 Å². The second kappa shape index (κ2) is 10.7. The molecule has 0 radical (unpaired) electrons. The second-order valence-corrected chi connectivity index (χ2v) is 9.17. The van der Waals surface area contributed by atoms with E-state index >= 15 is 0 Å². The largest absolute Gasteiger partial charge is 0.310 e. The molecule has 1 aliphatic rings. The highest BCUT2D eigenvalue weighted by atomic mass is 32.2. The van der Waals surface area contributed by atoms with Gasteiger partial charge in [-0.1, -0.05) is 6.92 Å². The van der Waals surface area contributed by atoms with Crippen LogP contribution in [0, 0.1) is 17.1 Å². The van der Waals surface area contributed by atoms with Crippen LogP contribution in [0.15, 0.2) is 24.3 Å². The summed E-state index contributed by atoms with van der Waals surface area (Å²) in [5, 5.41) is 8.92. The maximum Gasteiger partial charge on any atom is 0.244 e. The number of nitrogens with zero attached hydrogens (tertiary/aromatic N) is 3. The van der Waals surface area contributed by atoms with Crippen LogP contribution < -0.4 is 9.62 Å². The third kappa shape index (κ3) is 6.77. The molecule has 1 aromatic carbocycles. The Morgan fingerprint density at radius 2 is 1.97 bits per heavy atom. The van der Waals surface area contributed by atoms with Crippen molar-refractivity contribution in [2.24, 2.45) is 0 Å². The minimum Gasteiger partial charge on any atom is -0.310 e. The minimum absolute atomic E-state index is 0.114. The number of halogens is 1. The Kier molecular flexibility index (Phi) is 8.56. The summed E-state index contributed by atoms with van der Waals surface area (Å²) in [4.78, 5) is 16.6. The third-order valence-corrected chi connectivity index (χ3v) is 6.74. The Morgan fingerprint density at radius 1 is 1.34 bits per heavy atom. The molecule has 1 fully saturated rings. The molecule has 1 N–H and O–H groups in total. The highest BCUT2D eigenvalue weighted by molar-refractivity contribution is 7.89. The van der Waals surface area contributed by atoms with Crippen LogP contribution in [0.1, 0.15) is 39.5 Å². The zero-order chi connectivity index (χ0) is 21.4. The van der Waals surface area contributed by atoms with Gasteiger partial charge in [-0.2, -0.15) is 5.26 Å². The Hall–Kier alpha value is -2.02. The molecule has 1 aromatic rings. The molecule has 1 amide bonds. The summed E-state index contributed by atoms with van der Waals surface area (Å²) in [7, 11) is -3.25. The lowest BCUT2D eigenvalue weighted by atomic mass is 10.0. The van der Waals surface area contributed by atoms with E-state index in [9.17, 15) is 17.6 Å². The number of likely N-dealkylation sites (tertiary alicyclic amines) is 1. The summed E-state index contributed by atoms with van der Waals surface area (Å²) in [5.41, 5.74) is 0.556. The van der Waals surface area contributed by atoms with Crippen molar-refractivity contribution >= 4 is 21.6 Å². The molecule has 0 saturated carbocycles. The lowest BCUT2D eigenvalue weighted by molar-refractivity contribution is -0.123. The molecule has 1 aliphatic heterocycles. The van der Waals surface area contributed by atoms with Crippen LogP contribution >= 0.6 is 0 Å². The van der Waals surface area contributed by atoms with E-state index in [0.29, 0.717) is 38.0 Å². The van der Waals surface area contributed by atoms with Gasteiger partial charge in [0.15, 0.2) is 0 Å². The number of nitriles is 1. The number of carbonyl (C=O) groups excluding carboxylic acids is 1. The first-order chi connectivity index (χ1) is 13.8. The highest BCUT2D eigenvalue weighted by Crippen LogP contribution is 2.20. The van der Waals surface area contributed by atoms with Crippen LogP contribution in [0.3, 0.4) is 0 Å². The minimum atomic E-state index is -3.25. The molecular weight excluding hydrogens is 395 g/mol. The van der Waals surface area contributed by atoms with Gasteiger partial charge in [0.25, 0.3) is 0 Å². The van der Waals surface area contributed by atoms with E-state index in [1.165, 1.54) is 29.2 Å². The van der Waals surface area contributed by atoms with E-state index < -0.39 is 16.1 Å². The zero-order valence-electron chi connectivity index (χ0n) is 17.0. The molecular formula is C20H29FN4O3S. The first kappa shape index (κ1) is 23.3. The third-order valence-electron chi connectivity index (χ3n) is 5.11. The molecule has 1 heterocycles. The fourth-order valence-corrected chi connectivity index (χ4v) is 4.92. The number of rotatable bonds is 9. The van der Waals surface area contributed by atoms with Gasteiger partial charge in [-0.25, -0.2) is 17.5 Å². The van der Waals surface area contributed by atoms with E-state index in [1.54, 1.807) is 0 Å². The monoisotopic (exact) mass is 424 g/mol. The SMILES string of the molecule is CCCS(=O)(=O)NC1CCN(C(C)C(=O)N(CCC#N)c2ccc(F)cc2)CC1. The van der Waals surface area contributed by atoms with Gasteiger partial charge in [0.05, 0.1) is 24.3 Å². The number of benzene rings is 1. The van der Waals surface area contributed by atoms with Crippen molar-refractivity contribution in [2.75, 3.05) is 30.3 Å². The standard InChI is InChI=1S/C20H29FN4O3S/c1-3-15-29(27,28)23-18-9-13-24(14-10-18)16(2)20(26)25(12-4-11-22)19-7-5-17(21)6-8-19/h5-8,16,18,23H,3-4,9-10,12-15H2,1-2H3. The summed E-state index contributed by atoms with van der Waals surface area (Å²) in [6.45, 7) is 5.07. The van der Waals surface area contributed by atoms with Gasteiger partial charge in [0, 0.05) is 31.4 Å². The van der Waals surface area contributed by atoms with Gasteiger partial charge in [0.2, 0.25) is 15.9 Å². The number of carbonyl (C=O) groups is 1. The van der Waals surface area contributed by atoms with Crippen LogP contribution in [0.4, 0.5) is 10.1 Å². The normalized spacial score (nSPS) is 16.9. The summed E-state index contributed by atoms with van der Waals surface area (Å²) in [5.74, 6) is -0.424. The molecule has 7 nitrogen and oxygen atoms in total. The Balaban J connectivity index is 2.00. The van der Waals surface area contributed by atoms with Crippen LogP contribution in [0.2, 0.25) is 0 Å². The van der Waals surface area contributed by atoms with Gasteiger partial charge in [0.1, 0.15) is 5.82 Å². The lowest BCUT2D eigenvalue weighted by Crippen LogP contribution is -2.53. The number of piperidine rings is 1. The Bertz CT molecular complexity index is 815. The number of hydrogen-bond acceptors (Lipinski definition) is 5. The predicted octanol–water partition coefficient (Wildman–Crippen LogP) is 2.25. The van der Waals surface area contributed by atoms with Crippen molar-refractivity contribution in [2.45, 2.75) is 51.6 Å². The van der Waals surface area contributed by atoms with E-state index in [4.69, 9.17) is 5.26 Å². The van der Waals surface area contributed by atoms with Crippen molar-refractivity contribution in [3.63, 3.8) is 0 Å². The zero-order valence-corrected chi connectivity index (χ0v) is 17.8. The van der Waals surface area contributed by atoms with Crippen molar-refractivity contribution in [1.82, 2.24) is 9.62 Å². The van der Waals surface area contributed by atoms with Gasteiger partial charge >= 0.3 is 0 Å². The van der Waals surface area contributed by atoms with Gasteiger partial charge in [-0.3, -0.25) is 9.69 Å². The van der Waals surface area contributed by atoms with Crippen molar-refractivity contribution in [3.8, 4) is 6.07 Å². The number of hydrogen-bond donors (Lipinski definition) is 1. The molecule has 9 heteroatoms. The smallest absolute Gasteiger partial charge is 0.244 e. The fraction of sp³-hybridized carbons (Fsp3) is 0.600. The maximum atomic E-state index is 13.2. The second-order valence-electron chi connectivity index (χ2n) is 7.30. The quantitative estimate of drug-likeness (QED) is 0.656. The number of sulfonamides is 1. The Morgan fingerprint density at radius 3 is 2.52 bits per heavy atom. The van der Waals surface area contributed by atoms with E-state index in [2.05, 4.69) is 4.72 Å². The highest BCUT2D eigenvalue weighted by Gasteiger charge is 2.31. The molecule has 1 saturated heterocycles. The molecule has 0 aromatic heterocycles. The van der Waals surface area contributed by atoms with Crippen molar-refractivity contribution in [3.05, 3.63) is 30.1 Å². The van der Waals surface area contributed by atoms with Crippen LogP contribution in [0.25, 0.3) is 0 Å². The first-order valence-corrected chi connectivity index (χ1v) is 11.6. The molecule has 0 aliphatic carbocycles. The molecule has 29 heavy (non-hydrogen) atoms. The summed E-state index contributed by atoms with van der Waals surface area (Å²) in [6, 6.07) is 7.16. The molecule has 2 rings (SSSR count). The van der Waals surface area contributed by atoms with E-state index in [0.717, 1.165) is 0 Å². The van der Waals surface area contributed by atoms with Gasteiger partial charge in [-0.05, 0) is 50.5 Å². The van der Waals surface area contributed by atoms with Gasteiger partial charge < -0.3 is 4.90 Å². The molecule has 0 spiro atoms. The molecule has 160 valence electrons. The van der Waals surface area contributed by atoms with Crippen LogP contribution in [0.5, 0.6) is 0 Å². The molecule has 0 bridgehead atoms. The molecule has 1 atom stereocenters. The summed E-state index contributed by atoms with van der Waals surface area (Å²) in [6.07, 6.45) is 2.02. The summed E-state index contributed by atoms with van der Waals surface area (Å²) < 4.78 is 39.9. The van der Waals surface area contributed by atoms with E-state index in [1.807, 2.05) is 24.8 Å². The average molecular weight is 425 g/mol. The first-order valence-electron chi connectivity index (χ1n) is 9.95. The lowest BCUT2D eigenvalue weighted by Gasteiger charge is -2.37. The predicted molar refractivity (Wildman–Crippen MR) is 110 cm³/mol. The van der Waals surface area contributed by atoms with Crippen molar-refractivity contribution < 1.29 is 17.6 Å². The van der Waals surface area contributed by atoms with Gasteiger partial charge in [-0.15, -0.1) is 0 Å². The van der Waals surface area contributed by atoms with E-state index in [-0.39, 0.29) is 36.5 Å². The number of anilines is 1. The fourth-order valence-electron chi connectivity index (χ4n) is 3.52. The summed E-state index contributed by atoms with van der Waals surface area (Å²) >= 11 is 0. The maximum absolute atomic E-state index is 13.2. The molecule has 1 unspecified atom stereocenters. The number of nitrogens with one attached hydrogen (secondary N) is 1. The Labute approximate surface area is 172 Å². The van der Waals surface area contributed by atoms with Crippen molar-refractivity contribution in [1.29, 1.82) is 5.26 Å². The number of amides is 1. The van der Waals surface area contributed by atoms with Crippen LogP contribution in [-0.2, 0) is 14.8 Å². The van der Waals surface area contributed by atoms with Crippen LogP contribution in [-0.4, -0.2) is 56.7 Å².